The molecule has 118 valence electrons. The molecule has 1 aromatic rings. The second-order valence-corrected chi connectivity index (χ2v) is 4.81. The first-order valence-corrected chi connectivity index (χ1v) is 6.39. The molecule has 0 atom stereocenters. The number of halogens is 3. The first kappa shape index (κ1) is 17.2. The molecule has 0 radical (unpaired) electrons. The number of hydrogen-bond donors (Lipinski definition) is 1. The van der Waals surface area contributed by atoms with E-state index < -0.39 is 24.1 Å². The van der Waals surface area contributed by atoms with Gasteiger partial charge < -0.3 is 10.1 Å². The van der Waals surface area contributed by atoms with Crippen LogP contribution in [0.5, 0.6) is 5.75 Å². The van der Waals surface area contributed by atoms with Crippen molar-refractivity contribution in [3.8, 4) is 5.75 Å². The molecule has 0 spiro atoms. The standard InChI is InChI=1S/C13H17F3N2O3/c1-9(2)17-8-10-3-4-12(11(7-10)18(19)20)21-6-5-13(14,15)16/h3-4,7,9,17H,5-6,8H2,1-2H3. The number of alkyl halides is 3. The average Bonchev–Trinajstić information content (AvgIpc) is 2.35. The number of benzene rings is 1. The van der Waals surface area contributed by atoms with Crippen LogP contribution >= 0.6 is 0 Å². The zero-order valence-corrected chi connectivity index (χ0v) is 11.7. The largest absolute Gasteiger partial charge is 0.486 e. The van der Waals surface area contributed by atoms with Gasteiger partial charge in [-0.05, 0) is 11.6 Å². The summed E-state index contributed by atoms with van der Waals surface area (Å²) in [5, 5.41) is 14.1. The minimum absolute atomic E-state index is 0.155. The van der Waals surface area contributed by atoms with E-state index in [1.54, 1.807) is 6.07 Å². The highest BCUT2D eigenvalue weighted by Gasteiger charge is 2.27. The summed E-state index contributed by atoms with van der Waals surface area (Å²) in [6.45, 7) is 3.65. The number of nitrogens with zero attached hydrogens (tertiary/aromatic N) is 1. The van der Waals surface area contributed by atoms with E-state index in [0.717, 1.165) is 0 Å². The predicted octanol–water partition coefficient (Wildman–Crippen LogP) is 3.42. The molecule has 1 N–H and O–H groups in total. The van der Waals surface area contributed by atoms with E-state index >= 15 is 0 Å². The van der Waals surface area contributed by atoms with Crippen molar-refractivity contribution >= 4 is 5.69 Å². The lowest BCUT2D eigenvalue weighted by atomic mass is 10.2. The fourth-order valence-corrected chi connectivity index (χ4v) is 1.54. The maximum atomic E-state index is 12.0. The molecule has 0 bridgehead atoms. The molecule has 0 saturated carbocycles. The van der Waals surface area contributed by atoms with Crippen LogP contribution in [0.25, 0.3) is 0 Å². The maximum Gasteiger partial charge on any atom is 0.392 e. The van der Waals surface area contributed by atoms with Crippen LogP contribution in [-0.4, -0.2) is 23.7 Å². The van der Waals surface area contributed by atoms with Crippen LogP contribution < -0.4 is 10.1 Å². The summed E-state index contributed by atoms with van der Waals surface area (Å²) in [5.41, 5.74) is 0.332. The number of nitro benzene ring substituents is 1. The Balaban J connectivity index is 2.77. The van der Waals surface area contributed by atoms with Crippen LogP contribution in [0.4, 0.5) is 18.9 Å². The predicted molar refractivity (Wildman–Crippen MR) is 71.2 cm³/mol. The van der Waals surface area contributed by atoms with Crippen LogP contribution in [0.15, 0.2) is 18.2 Å². The summed E-state index contributed by atoms with van der Waals surface area (Å²) in [6, 6.07) is 4.43. The molecule has 0 aliphatic heterocycles. The molecule has 0 aliphatic rings. The van der Waals surface area contributed by atoms with Crippen LogP contribution in [0.2, 0.25) is 0 Å². The molecule has 0 aliphatic carbocycles. The summed E-state index contributed by atoms with van der Waals surface area (Å²) in [7, 11) is 0. The number of ether oxygens (including phenoxy) is 1. The third kappa shape index (κ3) is 6.44. The lowest BCUT2D eigenvalue weighted by Crippen LogP contribution is -2.21. The topological polar surface area (TPSA) is 64.4 Å². The first-order valence-electron chi connectivity index (χ1n) is 6.39. The van der Waals surface area contributed by atoms with E-state index in [4.69, 9.17) is 4.74 Å². The number of rotatable bonds is 7. The van der Waals surface area contributed by atoms with Gasteiger partial charge in [-0.1, -0.05) is 19.9 Å². The van der Waals surface area contributed by atoms with Gasteiger partial charge in [0.2, 0.25) is 0 Å². The van der Waals surface area contributed by atoms with Gasteiger partial charge in [-0.3, -0.25) is 10.1 Å². The Morgan fingerprint density at radius 1 is 1.38 bits per heavy atom. The Hall–Kier alpha value is -1.83. The SMILES string of the molecule is CC(C)NCc1ccc(OCCC(F)(F)F)c([N+](=O)[O-])c1. The van der Waals surface area contributed by atoms with Gasteiger partial charge >= 0.3 is 11.9 Å². The molecule has 1 rings (SSSR count). The van der Waals surface area contributed by atoms with E-state index in [-0.39, 0.29) is 17.5 Å². The zero-order chi connectivity index (χ0) is 16.0. The van der Waals surface area contributed by atoms with Gasteiger partial charge in [-0.2, -0.15) is 13.2 Å². The smallest absolute Gasteiger partial charge is 0.392 e. The van der Waals surface area contributed by atoms with E-state index in [2.05, 4.69) is 5.32 Å². The lowest BCUT2D eigenvalue weighted by molar-refractivity contribution is -0.386. The van der Waals surface area contributed by atoms with Gasteiger partial charge in [0.25, 0.3) is 0 Å². The Morgan fingerprint density at radius 2 is 2.05 bits per heavy atom. The minimum atomic E-state index is -4.35. The highest BCUT2D eigenvalue weighted by Crippen LogP contribution is 2.29. The molecule has 0 unspecified atom stereocenters. The van der Waals surface area contributed by atoms with Gasteiger partial charge in [0, 0.05) is 18.7 Å². The van der Waals surface area contributed by atoms with Crippen LogP contribution in [-0.2, 0) is 6.54 Å². The summed E-state index contributed by atoms with van der Waals surface area (Å²) in [6.07, 6.45) is -5.50. The van der Waals surface area contributed by atoms with Crippen molar-refractivity contribution in [3.05, 3.63) is 33.9 Å². The molecule has 0 aromatic heterocycles. The fourth-order valence-electron chi connectivity index (χ4n) is 1.54. The third-order valence-electron chi connectivity index (χ3n) is 2.58. The van der Waals surface area contributed by atoms with Gasteiger partial charge in [-0.15, -0.1) is 0 Å². The van der Waals surface area contributed by atoms with Gasteiger partial charge in [0.05, 0.1) is 18.0 Å². The monoisotopic (exact) mass is 306 g/mol. The van der Waals surface area contributed by atoms with Gasteiger partial charge in [0.1, 0.15) is 0 Å². The molecular weight excluding hydrogens is 289 g/mol. The Labute approximate surface area is 120 Å². The summed E-state index contributed by atoms with van der Waals surface area (Å²) >= 11 is 0. The maximum absolute atomic E-state index is 12.0. The van der Waals surface area contributed by atoms with Crippen molar-refractivity contribution < 1.29 is 22.8 Å². The van der Waals surface area contributed by atoms with Crippen LogP contribution in [0.3, 0.4) is 0 Å². The highest BCUT2D eigenvalue weighted by molar-refractivity contribution is 5.48. The Kier molecular flexibility index (Phi) is 5.95. The minimum Gasteiger partial charge on any atom is -0.486 e. The number of hydrogen-bond acceptors (Lipinski definition) is 4. The van der Waals surface area contributed by atoms with Crippen LogP contribution in [0.1, 0.15) is 25.8 Å². The van der Waals surface area contributed by atoms with E-state index in [0.29, 0.717) is 12.1 Å². The van der Waals surface area contributed by atoms with Crippen molar-refractivity contribution in [3.63, 3.8) is 0 Å². The molecule has 1 aromatic carbocycles. The fraction of sp³-hybridized carbons (Fsp3) is 0.538. The lowest BCUT2D eigenvalue weighted by Gasteiger charge is -2.11. The second-order valence-electron chi connectivity index (χ2n) is 4.81. The molecule has 0 fully saturated rings. The molecule has 0 heterocycles. The van der Waals surface area contributed by atoms with Crippen molar-refractivity contribution in [1.82, 2.24) is 5.32 Å². The molecule has 0 saturated heterocycles. The summed E-state index contributed by atoms with van der Waals surface area (Å²) < 4.78 is 41.0. The normalized spacial score (nSPS) is 11.7. The molecule has 5 nitrogen and oxygen atoms in total. The van der Waals surface area contributed by atoms with Crippen molar-refractivity contribution in [2.45, 2.75) is 39.0 Å². The quantitative estimate of drug-likeness (QED) is 0.619. The highest BCUT2D eigenvalue weighted by atomic mass is 19.4. The molecule has 8 heteroatoms. The molecule has 21 heavy (non-hydrogen) atoms. The molecular formula is C13H17F3N2O3. The van der Waals surface area contributed by atoms with E-state index in [1.165, 1.54) is 12.1 Å². The number of nitrogens with one attached hydrogen (secondary N) is 1. The van der Waals surface area contributed by atoms with Gasteiger partial charge in [-0.25, -0.2) is 0 Å². The third-order valence-corrected chi connectivity index (χ3v) is 2.58. The van der Waals surface area contributed by atoms with Crippen molar-refractivity contribution in [2.24, 2.45) is 0 Å². The Bertz CT molecular complexity index is 490. The second kappa shape index (κ2) is 7.26. The van der Waals surface area contributed by atoms with E-state index in [1.807, 2.05) is 13.8 Å². The summed E-state index contributed by atoms with van der Waals surface area (Å²) in [4.78, 5) is 10.3. The van der Waals surface area contributed by atoms with Crippen molar-refractivity contribution in [1.29, 1.82) is 0 Å². The molecule has 0 amide bonds. The first-order chi connectivity index (χ1) is 9.69. The zero-order valence-electron chi connectivity index (χ0n) is 11.7. The summed E-state index contributed by atoms with van der Waals surface area (Å²) in [5.74, 6) is -0.155. The Morgan fingerprint density at radius 3 is 2.57 bits per heavy atom. The van der Waals surface area contributed by atoms with E-state index in [9.17, 15) is 23.3 Å². The average molecular weight is 306 g/mol. The van der Waals surface area contributed by atoms with Crippen LogP contribution in [0, 0.1) is 10.1 Å². The van der Waals surface area contributed by atoms with Gasteiger partial charge in [0.15, 0.2) is 5.75 Å². The van der Waals surface area contributed by atoms with Crippen molar-refractivity contribution in [2.75, 3.05) is 6.61 Å². The number of nitro groups is 1.